The SMILES string of the molecule is NS(=O)(=O)c1ccc2c(c1)N(C(=O)c1cc(-c3ccc(Br)cc3)n[nH]1)CC2. The van der Waals surface area contributed by atoms with E-state index in [2.05, 4.69) is 26.1 Å². The van der Waals surface area contributed by atoms with Crippen LogP contribution in [0.5, 0.6) is 0 Å². The fourth-order valence-electron chi connectivity index (χ4n) is 3.09. The van der Waals surface area contributed by atoms with E-state index >= 15 is 0 Å². The monoisotopic (exact) mass is 446 g/mol. The van der Waals surface area contributed by atoms with Crippen LogP contribution in [0.3, 0.4) is 0 Å². The van der Waals surface area contributed by atoms with Crippen LogP contribution < -0.4 is 10.0 Å². The standard InChI is InChI=1S/C18H15BrN4O3S/c19-13-4-1-11(2-5-13)15-10-16(22-21-15)18(24)23-8-7-12-3-6-14(9-17(12)23)27(20,25)26/h1-6,9-10H,7-8H2,(H,21,22)(H2,20,25,26). The van der Waals surface area contributed by atoms with Gasteiger partial charge in [0, 0.05) is 22.3 Å². The van der Waals surface area contributed by atoms with E-state index in [1.165, 1.54) is 12.1 Å². The van der Waals surface area contributed by atoms with Crippen LogP contribution in [0.15, 0.2) is 57.9 Å². The number of nitrogens with two attached hydrogens (primary N) is 1. The molecule has 27 heavy (non-hydrogen) atoms. The fourth-order valence-corrected chi connectivity index (χ4v) is 3.89. The van der Waals surface area contributed by atoms with E-state index in [1.807, 2.05) is 24.3 Å². The molecule has 3 aromatic rings. The number of hydrogen-bond donors (Lipinski definition) is 2. The highest BCUT2D eigenvalue weighted by atomic mass is 79.9. The van der Waals surface area contributed by atoms with Gasteiger partial charge in [-0.25, -0.2) is 13.6 Å². The van der Waals surface area contributed by atoms with E-state index in [-0.39, 0.29) is 10.8 Å². The number of amides is 1. The minimum atomic E-state index is -3.84. The molecule has 0 unspecified atom stereocenters. The maximum atomic E-state index is 12.9. The number of H-pyrrole nitrogens is 1. The van der Waals surface area contributed by atoms with Gasteiger partial charge in [0.1, 0.15) is 5.69 Å². The number of hydrogen-bond acceptors (Lipinski definition) is 4. The summed E-state index contributed by atoms with van der Waals surface area (Å²) >= 11 is 3.39. The molecule has 0 atom stereocenters. The van der Waals surface area contributed by atoms with Gasteiger partial charge < -0.3 is 4.90 Å². The van der Waals surface area contributed by atoms with Crippen LogP contribution in [-0.4, -0.2) is 31.1 Å². The molecule has 0 spiro atoms. The van der Waals surface area contributed by atoms with Gasteiger partial charge in [0.15, 0.2) is 0 Å². The highest BCUT2D eigenvalue weighted by Gasteiger charge is 2.28. The average molecular weight is 447 g/mol. The molecule has 1 aromatic heterocycles. The minimum Gasteiger partial charge on any atom is -0.306 e. The largest absolute Gasteiger partial charge is 0.306 e. The molecule has 3 N–H and O–H groups in total. The number of aromatic amines is 1. The lowest BCUT2D eigenvalue weighted by Crippen LogP contribution is -2.29. The third-order valence-corrected chi connectivity index (χ3v) is 5.91. The van der Waals surface area contributed by atoms with Crippen LogP contribution >= 0.6 is 15.9 Å². The lowest BCUT2D eigenvalue weighted by atomic mass is 10.1. The Morgan fingerprint density at radius 1 is 1.15 bits per heavy atom. The maximum absolute atomic E-state index is 12.9. The van der Waals surface area contributed by atoms with Crippen molar-refractivity contribution < 1.29 is 13.2 Å². The molecule has 0 fully saturated rings. The van der Waals surface area contributed by atoms with Gasteiger partial charge in [-0.15, -0.1) is 0 Å². The summed E-state index contributed by atoms with van der Waals surface area (Å²) in [5.74, 6) is -0.267. The molecule has 7 nitrogen and oxygen atoms in total. The number of carbonyl (C=O) groups is 1. The van der Waals surface area contributed by atoms with Gasteiger partial charge >= 0.3 is 0 Å². The molecule has 9 heteroatoms. The zero-order chi connectivity index (χ0) is 19.2. The molecule has 0 saturated carbocycles. The molecular weight excluding hydrogens is 432 g/mol. The molecule has 1 aliphatic heterocycles. The number of nitrogens with zero attached hydrogens (tertiary/aromatic N) is 2. The Hall–Kier alpha value is -2.49. The average Bonchev–Trinajstić information content (AvgIpc) is 3.28. The van der Waals surface area contributed by atoms with Crippen molar-refractivity contribution in [2.24, 2.45) is 5.14 Å². The summed E-state index contributed by atoms with van der Waals surface area (Å²) in [5, 5.41) is 12.2. The molecule has 2 heterocycles. The van der Waals surface area contributed by atoms with Gasteiger partial charge in [0.05, 0.1) is 10.6 Å². The number of nitrogens with one attached hydrogen (secondary N) is 1. The van der Waals surface area contributed by atoms with Gasteiger partial charge in [-0.2, -0.15) is 5.10 Å². The molecular formula is C18H15BrN4O3S. The number of halogens is 1. The number of primary sulfonamides is 1. The quantitative estimate of drug-likeness (QED) is 0.644. The van der Waals surface area contributed by atoms with Crippen molar-refractivity contribution in [2.75, 3.05) is 11.4 Å². The van der Waals surface area contributed by atoms with E-state index in [0.717, 1.165) is 15.6 Å². The maximum Gasteiger partial charge on any atom is 0.276 e. The topological polar surface area (TPSA) is 109 Å². The van der Waals surface area contributed by atoms with Crippen LogP contribution in [-0.2, 0) is 16.4 Å². The molecule has 1 aliphatic rings. The Morgan fingerprint density at radius 3 is 2.59 bits per heavy atom. The van der Waals surface area contributed by atoms with Gasteiger partial charge in [0.25, 0.3) is 5.91 Å². The molecule has 138 valence electrons. The number of carbonyl (C=O) groups excluding carboxylic acids is 1. The molecule has 0 saturated heterocycles. The Bertz CT molecular complexity index is 1140. The number of sulfonamides is 1. The molecule has 1 amide bonds. The van der Waals surface area contributed by atoms with Gasteiger partial charge in [-0.05, 0) is 42.3 Å². The predicted molar refractivity (Wildman–Crippen MR) is 105 cm³/mol. The third kappa shape index (κ3) is 3.41. The highest BCUT2D eigenvalue weighted by molar-refractivity contribution is 9.10. The van der Waals surface area contributed by atoms with Gasteiger partial charge in [-0.1, -0.05) is 34.1 Å². The smallest absolute Gasteiger partial charge is 0.276 e. The van der Waals surface area contributed by atoms with Crippen molar-refractivity contribution in [3.8, 4) is 11.3 Å². The van der Waals surface area contributed by atoms with Crippen LogP contribution in [0.1, 0.15) is 16.1 Å². The predicted octanol–water partition coefficient (Wildman–Crippen LogP) is 2.69. The Labute approximate surface area is 164 Å². The zero-order valence-electron chi connectivity index (χ0n) is 14.0. The molecule has 0 bridgehead atoms. The van der Waals surface area contributed by atoms with Crippen molar-refractivity contribution in [1.29, 1.82) is 0 Å². The first-order chi connectivity index (χ1) is 12.8. The molecule has 4 rings (SSSR count). The van der Waals surface area contributed by atoms with Crippen molar-refractivity contribution in [2.45, 2.75) is 11.3 Å². The van der Waals surface area contributed by atoms with Crippen LogP contribution in [0.4, 0.5) is 5.69 Å². The first kappa shape index (κ1) is 17.9. The normalized spacial score (nSPS) is 13.6. The lowest BCUT2D eigenvalue weighted by molar-refractivity contribution is 0.0984. The van der Waals surface area contributed by atoms with Crippen molar-refractivity contribution in [1.82, 2.24) is 10.2 Å². The van der Waals surface area contributed by atoms with Gasteiger partial charge in [0.2, 0.25) is 10.0 Å². The van der Waals surface area contributed by atoms with E-state index in [4.69, 9.17) is 5.14 Å². The number of anilines is 1. The van der Waals surface area contributed by atoms with E-state index in [0.29, 0.717) is 30.0 Å². The van der Waals surface area contributed by atoms with Gasteiger partial charge in [-0.3, -0.25) is 9.89 Å². The third-order valence-electron chi connectivity index (χ3n) is 4.47. The lowest BCUT2D eigenvalue weighted by Gasteiger charge is -2.16. The summed E-state index contributed by atoms with van der Waals surface area (Å²) in [6.07, 6.45) is 0.652. The van der Waals surface area contributed by atoms with Crippen molar-refractivity contribution >= 4 is 37.5 Å². The second-order valence-corrected chi connectivity index (χ2v) is 8.69. The number of fused-ring (bicyclic) bond motifs is 1. The van der Waals surface area contributed by atoms with E-state index in [9.17, 15) is 13.2 Å². The first-order valence-corrected chi connectivity index (χ1v) is 10.5. The number of benzene rings is 2. The summed E-state index contributed by atoms with van der Waals surface area (Å²) in [6.45, 7) is 0.467. The summed E-state index contributed by atoms with van der Waals surface area (Å²) in [5.41, 5.74) is 3.34. The highest BCUT2D eigenvalue weighted by Crippen LogP contribution is 2.31. The summed E-state index contributed by atoms with van der Waals surface area (Å²) in [7, 11) is -3.84. The first-order valence-electron chi connectivity index (χ1n) is 8.12. The van der Waals surface area contributed by atoms with E-state index in [1.54, 1.807) is 17.0 Å². The van der Waals surface area contributed by atoms with Crippen molar-refractivity contribution in [3.63, 3.8) is 0 Å². The summed E-state index contributed by atoms with van der Waals surface area (Å²) in [6, 6.07) is 13.9. The Balaban J connectivity index is 1.65. The van der Waals surface area contributed by atoms with Crippen LogP contribution in [0.25, 0.3) is 11.3 Å². The zero-order valence-corrected chi connectivity index (χ0v) is 16.4. The Morgan fingerprint density at radius 2 is 1.89 bits per heavy atom. The van der Waals surface area contributed by atoms with E-state index < -0.39 is 10.0 Å². The number of rotatable bonds is 3. The number of aromatic nitrogens is 2. The van der Waals surface area contributed by atoms with Crippen molar-refractivity contribution in [3.05, 3.63) is 64.3 Å². The minimum absolute atomic E-state index is 0.0129. The molecule has 0 radical (unpaired) electrons. The fraction of sp³-hybridized carbons (Fsp3) is 0.111. The second kappa shape index (κ2) is 6.59. The Kier molecular flexibility index (Phi) is 4.37. The molecule has 0 aliphatic carbocycles. The summed E-state index contributed by atoms with van der Waals surface area (Å²) in [4.78, 5) is 14.5. The molecule has 2 aromatic carbocycles. The van der Waals surface area contributed by atoms with Crippen LogP contribution in [0.2, 0.25) is 0 Å². The van der Waals surface area contributed by atoms with Crippen LogP contribution in [0, 0.1) is 0 Å². The summed E-state index contributed by atoms with van der Waals surface area (Å²) < 4.78 is 24.2. The second-order valence-electron chi connectivity index (χ2n) is 6.22.